The number of benzene rings is 3. The molecule has 5 aromatic rings. The Labute approximate surface area is 237 Å². The third-order valence-electron chi connectivity index (χ3n) is 6.30. The number of carbonyl (C=O) groups excluding carboxylic acids is 1. The van der Waals surface area contributed by atoms with Gasteiger partial charge in [0.25, 0.3) is 17.2 Å². The molecule has 0 saturated heterocycles. The smallest absolute Gasteiger partial charge is 0.280 e. The van der Waals surface area contributed by atoms with Crippen molar-refractivity contribution in [3.8, 4) is 23.1 Å². The minimum Gasteiger partial charge on any atom is -0.456 e. The number of nitro benzene ring substituents is 1. The highest BCUT2D eigenvalue weighted by molar-refractivity contribution is 7.07. The summed E-state index contributed by atoms with van der Waals surface area (Å²) < 4.78 is 7.55. The molecule has 0 spiro atoms. The van der Waals surface area contributed by atoms with E-state index in [-0.39, 0.29) is 32.0 Å². The first-order chi connectivity index (χ1) is 19.8. The molecule has 3 aromatic carbocycles. The number of carbonyl (C=O) groups is 1. The summed E-state index contributed by atoms with van der Waals surface area (Å²) in [6, 6.07) is 25.7. The lowest BCUT2D eigenvalue weighted by molar-refractivity contribution is -0.384. The Bertz CT molecular complexity index is 2030. The number of nitro groups is 1. The molecular formula is C31H22N4O5S. The Hall–Kier alpha value is -5.53. The summed E-state index contributed by atoms with van der Waals surface area (Å²) in [5.74, 6) is -0.0992. The fourth-order valence-electron chi connectivity index (χ4n) is 4.26. The van der Waals surface area contributed by atoms with Crippen molar-refractivity contribution in [2.75, 3.05) is 5.32 Å². The van der Waals surface area contributed by atoms with Gasteiger partial charge < -0.3 is 9.73 Å². The van der Waals surface area contributed by atoms with Crippen molar-refractivity contribution in [1.29, 1.82) is 5.26 Å². The van der Waals surface area contributed by atoms with E-state index in [1.54, 1.807) is 60.7 Å². The van der Waals surface area contributed by atoms with E-state index in [9.17, 15) is 25.0 Å². The van der Waals surface area contributed by atoms with Gasteiger partial charge in [-0.05, 0) is 61.4 Å². The Morgan fingerprint density at radius 2 is 1.78 bits per heavy atom. The number of anilines is 1. The minimum absolute atomic E-state index is 0.110. The van der Waals surface area contributed by atoms with Gasteiger partial charge in [0.05, 0.1) is 20.7 Å². The van der Waals surface area contributed by atoms with Crippen LogP contribution in [0.5, 0.6) is 0 Å². The zero-order valence-corrected chi connectivity index (χ0v) is 22.8. The number of rotatable bonds is 6. The Kier molecular flexibility index (Phi) is 7.45. The number of hydrogen-bond donors (Lipinski definition) is 1. The van der Waals surface area contributed by atoms with Crippen molar-refractivity contribution in [2.45, 2.75) is 13.8 Å². The number of nitrogens with one attached hydrogen (secondary N) is 1. The number of aromatic nitrogens is 1. The molecule has 0 fully saturated rings. The molecular weight excluding hydrogens is 540 g/mol. The average Bonchev–Trinajstić information content (AvgIpc) is 3.56. The molecule has 41 heavy (non-hydrogen) atoms. The molecule has 2 aromatic heterocycles. The topological polar surface area (TPSA) is 131 Å². The number of hydrogen-bond acceptors (Lipinski definition) is 7. The van der Waals surface area contributed by atoms with E-state index in [0.717, 1.165) is 22.5 Å². The molecule has 10 heteroatoms. The number of furan rings is 1. The summed E-state index contributed by atoms with van der Waals surface area (Å²) in [5, 5.41) is 24.3. The molecule has 2 heterocycles. The molecule has 1 amide bonds. The van der Waals surface area contributed by atoms with Crippen molar-refractivity contribution >= 4 is 40.3 Å². The monoisotopic (exact) mass is 562 g/mol. The van der Waals surface area contributed by atoms with Gasteiger partial charge in [0.15, 0.2) is 5.57 Å². The van der Waals surface area contributed by atoms with Crippen LogP contribution in [0.1, 0.15) is 16.9 Å². The maximum Gasteiger partial charge on any atom is 0.280 e. The molecule has 0 aliphatic carbocycles. The number of nitrogens with zero attached hydrogens (tertiary/aromatic N) is 3. The lowest BCUT2D eigenvalue weighted by Gasteiger charge is -2.09. The second kappa shape index (κ2) is 11.3. The molecule has 0 bridgehead atoms. The van der Waals surface area contributed by atoms with E-state index in [2.05, 4.69) is 5.32 Å². The molecule has 0 radical (unpaired) electrons. The van der Waals surface area contributed by atoms with Crippen LogP contribution in [-0.2, 0) is 4.79 Å². The van der Waals surface area contributed by atoms with Gasteiger partial charge in [-0.3, -0.25) is 24.3 Å². The molecule has 0 atom stereocenters. The van der Waals surface area contributed by atoms with Crippen LogP contribution in [0.15, 0.2) is 94.1 Å². The predicted octanol–water partition coefficient (Wildman–Crippen LogP) is 4.83. The summed E-state index contributed by atoms with van der Waals surface area (Å²) in [6.45, 7) is 3.75. The molecule has 5 rings (SSSR count). The summed E-state index contributed by atoms with van der Waals surface area (Å²) >= 11 is 0.974. The van der Waals surface area contributed by atoms with Crippen molar-refractivity contribution in [3.05, 3.63) is 131 Å². The highest BCUT2D eigenvalue weighted by atomic mass is 32.1. The van der Waals surface area contributed by atoms with Gasteiger partial charge in [-0.15, -0.1) is 11.3 Å². The zero-order chi connectivity index (χ0) is 29.1. The normalized spacial score (nSPS) is 12.1. The van der Waals surface area contributed by atoms with Crippen LogP contribution in [0.4, 0.5) is 11.4 Å². The van der Waals surface area contributed by atoms with Gasteiger partial charge in [0.1, 0.15) is 22.3 Å². The first-order valence-electron chi connectivity index (χ1n) is 12.4. The quantitative estimate of drug-likeness (QED) is 0.233. The Balaban J connectivity index is 1.67. The van der Waals surface area contributed by atoms with Gasteiger partial charge in [0, 0.05) is 17.8 Å². The van der Waals surface area contributed by atoms with Crippen LogP contribution in [0.2, 0.25) is 0 Å². The van der Waals surface area contributed by atoms with E-state index < -0.39 is 16.4 Å². The third kappa shape index (κ3) is 5.48. The van der Waals surface area contributed by atoms with E-state index in [1.165, 1.54) is 16.7 Å². The van der Waals surface area contributed by atoms with Crippen LogP contribution in [0.25, 0.3) is 28.7 Å². The number of para-hydroxylation sites is 2. The predicted molar refractivity (Wildman–Crippen MR) is 157 cm³/mol. The summed E-state index contributed by atoms with van der Waals surface area (Å²) in [7, 11) is 0. The minimum atomic E-state index is -0.643. The van der Waals surface area contributed by atoms with Crippen LogP contribution in [-0.4, -0.2) is 15.4 Å². The lowest BCUT2D eigenvalue weighted by Crippen LogP contribution is -2.32. The number of aryl methyl sites for hydroxylation is 2. The number of amides is 1. The Morgan fingerprint density at radius 1 is 1.05 bits per heavy atom. The van der Waals surface area contributed by atoms with Gasteiger partial charge in [-0.2, -0.15) is 5.26 Å². The van der Waals surface area contributed by atoms with Crippen LogP contribution >= 0.6 is 11.3 Å². The van der Waals surface area contributed by atoms with E-state index in [1.807, 2.05) is 38.1 Å². The largest absolute Gasteiger partial charge is 0.456 e. The molecule has 0 saturated carbocycles. The molecule has 9 nitrogen and oxygen atoms in total. The molecule has 0 aliphatic heterocycles. The van der Waals surface area contributed by atoms with Gasteiger partial charge in [0.2, 0.25) is 0 Å². The second-order valence-electron chi connectivity index (χ2n) is 9.13. The number of thiazole rings is 1. The van der Waals surface area contributed by atoms with Gasteiger partial charge in [-0.1, -0.05) is 42.5 Å². The molecule has 0 unspecified atom stereocenters. The van der Waals surface area contributed by atoms with Crippen molar-refractivity contribution in [2.24, 2.45) is 0 Å². The summed E-state index contributed by atoms with van der Waals surface area (Å²) in [6.07, 6.45) is 1.49. The van der Waals surface area contributed by atoms with E-state index in [4.69, 9.17) is 4.42 Å². The van der Waals surface area contributed by atoms with Crippen LogP contribution in [0, 0.1) is 35.3 Å². The lowest BCUT2D eigenvalue weighted by atomic mass is 10.1. The molecule has 1 N–H and O–H groups in total. The SMILES string of the molecule is Cc1ccc(C)c(NC(=O)/C(C#N)=c2\s/c(=C/c3ccc(-c4ccccc4[N+](=O)[O-])o3)c(=O)n2-c2ccccc2)c1. The fraction of sp³-hybridized carbons (Fsp3) is 0.0645. The summed E-state index contributed by atoms with van der Waals surface area (Å²) in [5.41, 5.74) is 2.33. The van der Waals surface area contributed by atoms with Crippen LogP contribution < -0.4 is 20.1 Å². The first-order valence-corrected chi connectivity index (χ1v) is 13.2. The standard InChI is InChI=1S/C31H22N4O5S/c1-19-12-13-20(2)25(16-19)33-29(36)24(18-32)31-34(21-8-4-3-5-9-21)30(37)28(41-31)17-22-14-15-27(40-22)23-10-6-7-11-26(23)35(38)39/h3-17H,1-2H3,(H,33,36)/b28-17+,31-24-. The zero-order valence-electron chi connectivity index (χ0n) is 22.0. The van der Waals surface area contributed by atoms with Crippen LogP contribution in [0.3, 0.4) is 0 Å². The highest BCUT2D eigenvalue weighted by Gasteiger charge is 2.19. The fourth-order valence-corrected chi connectivity index (χ4v) is 5.34. The maximum atomic E-state index is 13.7. The first kappa shape index (κ1) is 27.1. The van der Waals surface area contributed by atoms with Crippen molar-refractivity contribution < 1.29 is 14.1 Å². The highest BCUT2D eigenvalue weighted by Crippen LogP contribution is 2.31. The van der Waals surface area contributed by atoms with Crippen molar-refractivity contribution in [3.63, 3.8) is 0 Å². The van der Waals surface area contributed by atoms with Gasteiger partial charge in [-0.25, -0.2) is 0 Å². The van der Waals surface area contributed by atoms with Gasteiger partial charge >= 0.3 is 0 Å². The average molecular weight is 563 g/mol. The van der Waals surface area contributed by atoms with E-state index >= 15 is 0 Å². The second-order valence-corrected chi connectivity index (χ2v) is 10.2. The summed E-state index contributed by atoms with van der Waals surface area (Å²) in [4.78, 5) is 38.0. The van der Waals surface area contributed by atoms with Crippen molar-refractivity contribution in [1.82, 2.24) is 4.57 Å². The molecule has 202 valence electrons. The third-order valence-corrected chi connectivity index (χ3v) is 7.39. The maximum absolute atomic E-state index is 13.7. The van der Waals surface area contributed by atoms with E-state index in [0.29, 0.717) is 16.9 Å². The number of nitriles is 1. The Morgan fingerprint density at radius 3 is 2.51 bits per heavy atom. The molecule has 0 aliphatic rings.